The average molecular weight is 257 g/mol. The molecule has 0 amide bonds. The number of hydrogen-bond donors (Lipinski definition) is 1. The minimum absolute atomic E-state index is 0.651. The van der Waals surface area contributed by atoms with Gasteiger partial charge >= 0.3 is 0 Å². The summed E-state index contributed by atoms with van der Waals surface area (Å²) in [7, 11) is 2.05. The third-order valence-electron chi connectivity index (χ3n) is 3.04. The van der Waals surface area contributed by atoms with Crippen LogP contribution in [0.1, 0.15) is 25.7 Å². The van der Waals surface area contributed by atoms with Crippen LogP contribution in [0.25, 0.3) is 0 Å². The van der Waals surface area contributed by atoms with Gasteiger partial charge in [-0.3, -0.25) is 0 Å². The van der Waals surface area contributed by atoms with Gasteiger partial charge in [0.1, 0.15) is 5.03 Å². The highest BCUT2D eigenvalue weighted by Crippen LogP contribution is 2.35. The van der Waals surface area contributed by atoms with Gasteiger partial charge in [-0.05, 0) is 38.4 Å². The molecule has 0 aliphatic heterocycles. The molecule has 4 heteroatoms. The van der Waals surface area contributed by atoms with Crippen LogP contribution < -0.4 is 5.32 Å². The first-order valence-corrected chi connectivity index (χ1v) is 7.00. The smallest absolute Gasteiger partial charge is 0.115 e. The van der Waals surface area contributed by atoms with Crippen LogP contribution in [0.5, 0.6) is 0 Å². The first-order valence-electron chi connectivity index (χ1n) is 5.74. The van der Waals surface area contributed by atoms with E-state index in [-0.39, 0.29) is 0 Å². The second kappa shape index (κ2) is 5.89. The Morgan fingerprint density at radius 3 is 3.12 bits per heavy atom. The van der Waals surface area contributed by atoms with Crippen LogP contribution in [0, 0.1) is 0 Å². The van der Waals surface area contributed by atoms with Crippen molar-refractivity contribution >= 4 is 23.4 Å². The molecule has 1 aliphatic rings. The van der Waals surface area contributed by atoms with Crippen molar-refractivity contribution in [2.24, 2.45) is 0 Å². The summed E-state index contributed by atoms with van der Waals surface area (Å²) in [6.45, 7) is 0. The van der Waals surface area contributed by atoms with Gasteiger partial charge in [0.15, 0.2) is 0 Å². The summed E-state index contributed by atoms with van der Waals surface area (Å²) in [5, 5.41) is 5.77. The highest BCUT2D eigenvalue weighted by atomic mass is 35.5. The maximum Gasteiger partial charge on any atom is 0.115 e. The first kappa shape index (κ1) is 12.2. The number of rotatable bonds is 3. The predicted octanol–water partition coefficient (Wildman–Crippen LogP) is 3.36. The predicted molar refractivity (Wildman–Crippen MR) is 70.2 cm³/mol. The van der Waals surface area contributed by atoms with E-state index in [1.165, 1.54) is 25.7 Å². The van der Waals surface area contributed by atoms with Gasteiger partial charge in [-0.15, -0.1) is 11.8 Å². The third kappa shape index (κ3) is 3.12. The van der Waals surface area contributed by atoms with Gasteiger partial charge in [-0.2, -0.15) is 0 Å². The van der Waals surface area contributed by atoms with Crippen molar-refractivity contribution in [1.82, 2.24) is 10.3 Å². The highest BCUT2D eigenvalue weighted by molar-refractivity contribution is 8.00. The van der Waals surface area contributed by atoms with Crippen LogP contribution in [0.2, 0.25) is 5.02 Å². The second-order valence-electron chi connectivity index (χ2n) is 4.18. The molecule has 0 saturated heterocycles. The molecule has 0 spiro atoms. The number of aromatic nitrogens is 1. The normalized spacial score (nSPS) is 25.6. The van der Waals surface area contributed by atoms with E-state index in [9.17, 15) is 0 Å². The molecule has 2 unspecified atom stereocenters. The van der Waals surface area contributed by atoms with Gasteiger partial charge in [0, 0.05) is 17.5 Å². The minimum Gasteiger partial charge on any atom is -0.317 e. The van der Waals surface area contributed by atoms with Crippen LogP contribution in [-0.4, -0.2) is 23.3 Å². The lowest BCUT2D eigenvalue weighted by atomic mass is 9.95. The summed E-state index contributed by atoms with van der Waals surface area (Å²) in [6, 6.07) is 4.45. The number of hydrogen-bond acceptors (Lipinski definition) is 3. The lowest BCUT2D eigenvalue weighted by molar-refractivity contribution is 0.402. The number of nitrogens with one attached hydrogen (secondary N) is 1. The Hall–Kier alpha value is -0.250. The molecule has 1 N–H and O–H groups in total. The molecule has 1 aromatic rings. The number of halogens is 1. The van der Waals surface area contributed by atoms with Crippen LogP contribution in [0.4, 0.5) is 0 Å². The second-order valence-corrected chi connectivity index (χ2v) is 5.88. The fourth-order valence-corrected chi connectivity index (χ4v) is 3.62. The van der Waals surface area contributed by atoms with Crippen molar-refractivity contribution in [3.05, 3.63) is 23.4 Å². The Kier molecular flexibility index (Phi) is 4.50. The Labute approximate surface area is 106 Å². The number of thioether (sulfide) groups is 1. The summed E-state index contributed by atoms with van der Waals surface area (Å²) < 4.78 is 0. The molecule has 0 aromatic carbocycles. The van der Waals surface area contributed by atoms with E-state index >= 15 is 0 Å². The Morgan fingerprint density at radius 2 is 2.38 bits per heavy atom. The Balaban J connectivity index is 1.97. The summed E-state index contributed by atoms with van der Waals surface area (Å²) in [4.78, 5) is 4.33. The maximum atomic E-state index is 6.11. The summed E-state index contributed by atoms with van der Waals surface area (Å²) in [5.41, 5.74) is 0. The van der Waals surface area contributed by atoms with Crippen molar-refractivity contribution in [2.45, 2.75) is 42.0 Å². The lowest BCUT2D eigenvalue weighted by Gasteiger charge is -2.28. The van der Waals surface area contributed by atoms with Crippen molar-refractivity contribution in [2.75, 3.05) is 7.05 Å². The molecule has 1 aliphatic carbocycles. The van der Waals surface area contributed by atoms with Gasteiger partial charge in [0.05, 0.1) is 5.02 Å². The van der Waals surface area contributed by atoms with E-state index in [2.05, 4.69) is 10.3 Å². The van der Waals surface area contributed by atoms with Gasteiger partial charge in [-0.1, -0.05) is 18.0 Å². The molecule has 16 heavy (non-hydrogen) atoms. The van der Waals surface area contributed by atoms with Crippen molar-refractivity contribution < 1.29 is 0 Å². The fourth-order valence-electron chi connectivity index (χ4n) is 2.13. The summed E-state index contributed by atoms with van der Waals surface area (Å²) >= 11 is 7.94. The zero-order valence-corrected chi connectivity index (χ0v) is 11.0. The monoisotopic (exact) mass is 256 g/mol. The van der Waals surface area contributed by atoms with Crippen LogP contribution in [0.15, 0.2) is 23.4 Å². The zero-order chi connectivity index (χ0) is 11.4. The minimum atomic E-state index is 0.651. The maximum absolute atomic E-state index is 6.11. The molecule has 88 valence electrons. The van der Waals surface area contributed by atoms with Crippen molar-refractivity contribution in [1.29, 1.82) is 0 Å². The van der Waals surface area contributed by atoms with Crippen molar-refractivity contribution in [3.8, 4) is 0 Å². The van der Waals surface area contributed by atoms with E-state index in [1.54, 1.807) is 0 Å². The van der Waals surface area contributed by atoms with E-state index in [0.717, 1.165) is 10.0 Å². The van der Waals surface area contributed by atoms with Crippen LogP contribution in [-0.2, 0) is 0 Å². The Bertz CT molecular complexity index is 346. The molecular weight excluding hydrogens is 240 g/mol. The molecule has 1 heterocycles. The van der Waals surface area contributed by atoms with E-state index in [0.29, 0.717) is 11.3 Å². The number of nitrogens with zero attached hydrogens (tertiary/aromatic N) is 1. The topological polar surface area (TPSA) is 24.9 Å². The molecule has 1 fully saturated rings. The van der Waals surface area contributed by atoms with Crippen LogP contribution >= 0.6 is 23.4 Å². The molecule has 2 atom stereocenters. The quantitative estimate of drug-likeness (QED) is 0.898. The van der Waals surface area contributed by atoms with Crippen molar-refractivity contribution in [3.63, 3.8) is 0 Å². The largest absolute Gasteiger partial charge is 0.317 e. The summed E-state index contributed by atoms with van der Waals surface area (Å²) in [5.74, 6) is 0. The lowest BCUT2D eigenvalue weighted by Crippen LogP contribution is -2.32. The molecule has 1 aromatic heterocycles. The highest BCUT2D eigenvalue weighted by Gasteiger charge is 2.22. The van der Waals surface area contributed by atoms with E-state index < -0.39 is 0 Å². The SMILES string of the molecule is CNC1CCCC(Sc2ncccc2Cl)C1. The third-order valence-corrected chi connectivity index (χ3v) is 4.76. The molecular formula is C12H17ClN2S. The van der Waals surface area contributed by atoms with Gasteiger partial charge in [0.2, 0.25) is 0 Å². The van der Waals surface area contributed by atoms with Gasteiger partial charge < -0.3 is 5.32 Å². The molecule has 0 radical (unpaired) electrons. The Morgan fingerprint density at radius 1 is 1.50 bits per heavy atom. The fraction of sp³-hybridized carbons (Fsp3) is 0.583. The average Bonchev–Trinajstić information content (AvgIpc) is 2.32. The first-order chi connectivity index (χ1) is 7.79. The number of pyridine rings is 1. The molecule has 0 bridgehead atoms. The van der Waals surface area contributed by atoms with Gasteiger partial charge in [-0.25, -0.2) is 4.98 Å². The zero-order valence-electron chi connectivity index (χ0n) is 9.45. The molecule has 2 nitrogen and oxygen atoms in total. The van der Waals surface area contributed by atoms with Crippen LogP contribution in [0.3, 0.4) is 0 Å². The van der Waals surface area contributed by atoms with E-state index in [1.807, 2.05) is 37.1 Å². The standard InChI is InChI=1S/C12H17ClN2S/c1-14-9-4-2-5-10(8-9)16-12-11(13)6-3-7-15-12/h3,6-7,9-10,14H,2,4-5,8H2,1H3. The molecule has 1 saturated carbocycles. The van der Waals surface area contributed by atoms with Gasteiger partial charge in [0.25, 0.3) is 0 Å². The van der Waals surface area contributed by atoms with E-state index in [4.69, 9.17) is 11.6 Å². The summed E-state index contributed by atoms with van der Waals surface area (Å²) in [6.07, 6.45) is 6.90. The molecule has 2 rings (SSSR count).